The molecule has 40 heavy (non-hydrogen) atoms. The highest BCUT2D eigenvalue weighted by Gasteiger charge is 2.61. The van der Waals surface area contributed by atoms with E-state index in [1.807, 2.05) is 0 Å². The van der Waals surface area contributed by atoms with Gasteiger partial charge < -0.3 is 34.6 Å². The normalized spacial score (nSPS) is 37.7. The molecule has 0 spiro atoms. The van der Waals surface area contributed by atoms with Gasteiger partial charge in [-0.05, 0) is 38.8 Å². The number of fused-ring (bicyclic) bond motifs is 2. The number of hydrogen-bond acceptors (Lipinski definition) is 10. The molecular formula is C30H44O10. The summed E-state index contributed by atoms with van der Waals surface area (Å²) in [4.78, 5) is 37.9. The van der Waals surface area contributed by atoms with E-state index in [9.17, 15) is 34.8 Å². The molecule has 0 aromatic rings. The largest absolute Gasteiger partial charge is 0.457 e. The Bertz CT molecular complexity index is 1070. The number of carbonyl (C=O) groups is 3. The minimum absolute atomic E-state index is 0.133. The Hall–Kier alpha value is -2.53. The maximum atomic E-state index is 12.8. The van der Waals surface area contributed by atoms with Gasteiger partial charge >= 0.3 is 17.9 Å². The Morgan fingerprint density at radius 2 is 1.68 bits per heavy atom. The SMILES string of the molecule is CCCCCCCC(=O)OC1C(C)=CC2OC(=O)C(C)=C2C(OC(C)=O)C2C(C)(O)C(O)C=CC2(C)C(O)C1O. The summed E-state index contributed by atoms with van der Waals surface area (Å²) in [6, 6.07) is 0. The zero-order valence-electron chi connectivity index (χ0n) is 24.3. The van der Waals surface area contributed by atoms with Gasteiger partial charge in [-0.3, -0.25) is 9.59 Å². The van der Waals surface area contributed by atoms with Crippen LogP contribution in [-0.4, -0.2) is 80.6 Å². The standard InChI is InChI=1S/C30H44O10/c1-7-8-9-10-11-12-21(33)40-24-16(2)15-19-22(17(3)28(36)39-19)25(38-18(4)31)26-29(5,27(35)23(24)34)14-13-20(32)30(26,6)37/h13-15,19-20,23-27,32,34-35,37H,7-12H2,1-6H3. The van der Waals surface area contributed by atoms with Crippen molar-refractivity contribution < 1.29 is 49.0 Å². The lowest BCUT2D eigenvalue weighted by molar-refractivity contribution is -0.202. The summed E-state index contributed by atoms with van der Waals surface area (Å²) in [5.41, 5.74) is -2.81. The van der Waals surface area contributed by atoms with Gasteiger partial charge in [0, 0.05) is 35.8 Å². The maximum absolute atomic E-state index is 12.8. The Labute approximate surface area is 235 Å². The van der Waals surface area contributed by atoms with Crippen LogP contribution >= 0.6 is 0 Å². The second-order valence-electron chi connectivity index (χ2n) is 11.7. The molecule has 0 amide bonds. The molecule has 224 valence electrons. The Morgan fingerprint density at radius 3 is 2.30 bits per heavy atom. The fourth-order valence-corrected chi connectivity index (χ4v) is 6.29. The molecule has 9 atom stereocenters. The van der Waals surface area contributed by atoms with Gasteiger partial charge in [-0.2, -0.15) is 0 Å². The summed E-state index contributed by atoms with van der Waals surface area (Å²) in [5, 5.41) is 45.6. The number of esters is 3. The van der Waals surface area contributed by atoms with Gasteiger partial charge in [-0.25, -0.2) is 4.79 Å². The predicted molar refractivity (Wildman–Crippen MR) is 145 cm³/mol. The predicted octanol–water partition coefficient (Wildman–Crippen LogP) is 2.42. The number of rotatable bonds is 8. The fourth-order valence-electron chi connectivity index (χ4n) is 6.29. The molecule has 1 aliphatic heterocycles. The quantitative estimate of drug-likeness (QED) is 0.149. The molecule has 4 N–H and O–H groups in total. The lowest BCUT2D eigenvalue weighted by atomic mass is 9.56. The first kappa shape index (κ1) is 32.0. The molecule has 3 aliphatic rings. The van der Waals surface area contributed by atoms with Crippen LogP contribution in [0.4, 0.5) is 0 Å². The van der Waals surface area contributed by atoms with E-state index in [2.05, 4.69) is 6.92 Å². The third kappa shape index (κ3) is 6.20. The van der Waals surface area contributed by atoms with E-state index >= 15 is 0 Å². The van der Waals surface area contributed by atoms with Crippen molar-refractivity contribution in [1.29, 1.82) is 0 Å². The van der Waals surface area contributed by atoms with Crippen molar-refractivity contribution in [2.75, 3.05) is 0 Å². The second-order valence-corrected chi connectivity index (χ2v) is 11.7. The molecule has 0 fully saturated rings. The summed E-state index contributed by atoms with van der Waals surface area (Å²) < 4.78 is 17.0. The van der Waals surface area contributed by atoms with Crippen LogP contribution in [-0.2, 0) is 28.6 Å². The molecule has 0 aromatic carbocycles. The van der Waals surface area contributed by atoms with Crippen LogP contribution in [0.15, 0.2) is 34.9 Å². The fraction of sp³-hybridized carbons (Fsp3) is 0.700. The number of carbonyl (C=O) groups excluding carboxylic acids is 3. The van der Waals surface area contributed by atoms with Crippen molar-refractivity contribution in [2.45, 2.75) is 122 Å². The molecular weight excluding hydrogens is 520 g/mol. The van der Waals surface area contributed by atoms with Crippen LogP contribution < -0.4 is 0 Å². The van der Waals surface area contributed by atoms with Crippen molar-refractivity contribution in [3.8, 4) is 0 Å². The van der Waals surface area contributed by atoms with Crippen molar-refractivity contribution >= 4 is 17.9 Å². The maximum Gasteiger partial charge on any atom is 0.334 e. The van der Waals surface area contributed by atoms with Gasteiger partial charge in [0.15, 0.2) is 6.10 Å². The molecule has 3 rings (SSSR count). The van der Waals surface area contributed by atoms with Gasteiger partial charge in [0.05, 0.1) is 11.7 Å². The molecule has 0 bridgehead atoms. The van der Waals surface area contributed by atoms with E-state index in [1.54, 1.807) is 13.8 Å². The Balaban J connectivity index is 2.14. The monoisotopic (exact) mass is 564 g/mol. The van der Waals surface area contributed by atoms with Crippen LogP contribution in [0.2, 0.25) is 0 Å². The first-order chi connectivity index (χ1) is 18.7. The molecule has 0 saturated heterocycles. The average Bonchev–Trinajstić information content (AvgIpc) is 3.14. The van der Waals surface area contributed by atoms with Crippen molar-refractivity contribution in [3.05, 3.63) is 34.9 Å². The minimum Gasteiger partial charge on any atom is -0.457 e. The summed E-state index contributed by atoms with van der Waals surface area (Å²) in [6.45, 7) is 9.26. The molecule has 0 saturated carbocycles. The summed E-state index contributed by atoms with van der Waals surface area (Å²) in [5.74, 6) is -3.19. The third-order valence-corrected chi connectivity index (χ3v) is 8.60. The van der Waals surface area contributed by atoms with Gasteiger partial charge in [0.2, 0.25) is 0 Å². The lowest BCUT2D eigenvalue weighted by Gasteiger charge is -2.54. The molecule has 1 heterocycles. The number of unbranched alkanes of at least 4 members (excludes halogenated alkanes) is 4. The number of hydrogen-bond donors (Lipinski definition) is 4. The third-order valence-electron chi connectivity index (χ3n) is 8.60. The smallest absolute Gasteiger partial charge is 0.334 e. The molecule has 10 nitrogen and oxygen atoms in total. The van der Waals surface area contributed by atoms with Gasteiger partial charge in [-0.1, -0.05) is 51.7 Å². The summed E-state index contributed by atoms with van der Waals surface area (Å²) >= 11 is 0. The zero-order valence-corrected chi connectivity index (χ0v) is 24.3. The molecule has 10 heteroatoms. The first-order valence-electron chi connectivity index (χ1n) is 14.1. The topological polar surface area (TPSA) is 160 Å². The minimum atomic E-state index is -1.99. The van der Waals surface area contributed by atoms with Crippen molar-refractivity contribution in [3.63, 3.8) is 0 Å². The zero-order chi connectivity index (χ0) is 30.0. The average molecular weight is 565 g/mol. The number of aliphatic hydroxyl groups excluding tert-OH is 3. The van der Waals surface area contributed by atoms with Crippen LogP contribution in [0.5, 0.6) is 0 Å². The first-order valence-corrected chi connectivity index (χ1v) is 14.1. The highest BCUT2D eigenvalue weighted by atomic mass is 16.6. The van der Waals surface area contributed by atoms with Crippen LogP contribution in [0.1, 0.15) is 80.1 Å². The van der Waals surface area contributed by atoms with E-state index in [1.165, 1.54) is 39.0 Å². The molecule has 2 aliphatic carbocycles. The van der Waals surface area contributed by atoms with Gasteiger partial charge in [0.1, 0.15) is 24.4 Å². The van der Waals surface area contributed by atoms with E-state index in [0.717, 1.165) is 25.7 Å². The molecule has 0 aromatic heterocycles. The van der Waals surface area contributed by atoms with E-state index in [-0.39, 0.29) is 17.6 Å². The lowest BCUT2D eigenvalue weighted by Crippen LogP contribution is -2.65. The molecule has 9 unspecified atom stereocenters. The van der Waals surface area contributed by atoms with Gasteiger partial charge in [0.25, 0.3) is 0 Å². The highest BCUT2D eigenvalue weighted by Crippen LogP contribution is 2.52. The number of ether oxygens (including phenoxy) is 3. The van der Waals surface area contributed by atoms with Crippen LogP contribution in [0.25, 0.3) is 0 Å². The van der Waals surface area contributed by atoms with E-state index < -0.39 is 71.5 Å². The van der Waals surface area contributed by atoms with Crippen molar-refractivity contribution in [2.24, 2.45) is 11.3 Å². The molecule has 0 radical (unpaired) electrons. The Morgan fingerprint density at radius 1 is 1.02 bits per heavy atom. The van der Waals surface area contributed by atoms with Crippen LogP contribution in [0.3, 0.4) is 0 Å². The van der Waals surface area contributed by atoms with E-state index in [0.29, 0.717) is 12.0 Å². The Kier molecular flexibility index (Phi) is 10.0. The second kappa shape index (κ2) is 12.5. The highest BCUT2D eigenvalue weighted by molar-refractivity contribution is 5.92. The van der Waals surface area contributed by atoms with E-state index in [4.69, 9.17) is 14.2 Å². The number of aliphatic hydroxyl groups is 4. The van der Waals surface area contributed by atoms with Crippen molar-refractivity contribution in [1.82, 2.24) is 0 Å². The van der Waals surface area contributed by atoms with Crippen LogP contribution in [0, 0.1) is 11.3 Å². The summed E-state index contributed by atoms with van der Waals surface area (Å²) in [6.07, 6.45) is 0.546. The van der Waals surface area contributed by atoms with Gasteiger partial charge in [-0.15, -0.1) is 0 Å². The summed E-state index contributed by atoms with van der Waals surface area (Å²) in [7, 11) is 0.